The third kappa shape index (κ3) is 24.5. The first-order chi connectivity index (χ1) is 71.0. The number of hydrogen-bond donors (Lipinski definition) is 10. The highest BCUT2D eigenvalue weighted by Gasteiger charge is 2.26. The first-order valence-corrected chi connectivity index (χ1v) is 50.2. The second-order valence-corrected chi connectivity index (χ2v) is 39.3. The number of nitrogens with one attached hydrogen (secondary N) is 10. The van der Waals surface area contributed by atoms with Gasteiger partial charge in [-0.05, 0) is 226 Å². The summed E-state index contributed by atoms with van der Waals surface area (Å²) in [7, 11) is 3.84. The Morgan fingerprint density at radius 3 is 0.945 bits per heavy atom. The van der Waals surface area contributed by atoms with Gasteiger partial charge in [0.25, 0.3) is 0 Å². The Bertz CT molecular complexity index is 7770. The molecule has 2 aliphatic heterocycles. The first-order valence-electron chi connectivity index (χ1n) is 50.2. The second-order valence-electron chi connectivity index (χ2n) is 39.3. The van der Waals surface area contributed by atoms with E-state index in [1.807, 2.05) is 121 Å². The van der Waals surface area contributed by atoms with Gasteiger partial charge in [0, 0.05) is 180 Å². The number of benzene rings is 10. The molecule has 0 atom stereocenters. The van der Waals surface area contributed by atoms with Crippen molar-refractivity contribution in [1.82, 2.24) is 146 Å². The van der Waals surface area contributed by atoms with Crippen molar-refractivity contribution in [2.75, 3.05) is 99.4 Å². The number of H-pyrrole nitrogens is 10. The van der Waals surface area contributed by atoms with Crippen LogP contribution in [0.3, 0.4) is 0 Å². The molecule has 1 saturated carbocycles. The zero-order valence-electron chi connectivity index (χ0n) is 84.0. The van der Waals surface area contributed by atoms with Gasteiger partial charge in [0.15, 0.2) is 40.8 Å². The van der Waals surface area contributed by atoms with Crippen molar-refractivity contribution in [3.05, 3.63) is 253 Å². The summed E-state index contributed by atoms with van der Waals surface area (Å²) in [5, 5.41) is 79.7. The molecular formula is C111H122F3N29O3. The number of fused-ring (bicyclic) bond motifs is 5. The largest absolute Gasteiger partial charge is 0.497 e. The molecule has 10 N–H and O–H groups in total. The second kappa shape index (κ2) is 45.5. The average molecular weight is 1970 g/mol. The van der Waals surface area contributed by atoms with Gasteiger partial charge in [0.2, 0.25) is 0 Å². The zero-order valence-corrected chi connectivity index (χ0v) is 84.0. The fraction of sp³-hybridized carbons (Fsp3) is 0.324. The van der Waals surface area contributed by atoms with Gasteiger partial charge in [-0.2, -0.15) is 51.0 Å². The molecule has 3 fully saturated rings. The predicted molar refractivity (Wildman–Crippen MR) is 565 cm³/mol. The average Bonchev–Trinajstić information content (AvgIpc) is 1.65. The van der Waals surface area contributed by atoms with Crippen LogP contribution in [0.5, 0.6) is 17.2 Å². The fourth-order valence-electron chi connectivity index (χ4n) is 18.1. The van der Waals surface area contributed by atoms with E-state index in [1.54, 1.807) is 19.2 Å². The zero-order chi connectivity index (χ0) is 101. The minimum absolute atomic E-state index is 0.261. The number of hydrogen-bond acceptors (Lipinski definition) is 22. The molecule has 23 rings (SSSR count). The minimum Gasteiger partial charge on any atom is -0.497 e. The van der Waals surface area contributed by atoms with Gasteiger partial charge in [-0.1, -0.05) is 98.7 Å². The predicted octanol–water partition coefficient (Wildman–Crippen LogP) is 20.9. The van der Waals surface area contributed by atoms with E-state index in [9.17, 15) is 13.2 Å². The van der Waals surface area contributed by atoms with Gasteiger partial charge >= 0.3 is 0 Å². The van der Waals surface area contributed by atoms with E-state index in [1.165, 1.54) is 31.0 Å². The number of rotatable bonds is 30. The first kappa shape index (κ1) is 99.0. The Kier molecular flexibility index (Phi) is 30.8. The number of halogens is 3. The molecule has 0 bridgehead atoms. The molecule has 32 nitrogen and oxygen atoms in total. The van der Waals surface area contributed by atoms with Gasteiger partial charge in [0.1, 0.15) is 88.2 Å². The van der Waals surface area contributed by atoms with E-state index in [4.69, 9.17) is 14.2 Å². The molecule has 10 aromatic heterocycles. The van der Waals surface area contributed by atoms with Crippen molar-refractivity contribution in [3.8, 4) is 130 Å². The van der Waals surface area contributed by atoms with E-state index in [0.717, 1.165) is 296 Å². The highest BCUT2D eigenvalue weighted by atomic mass is 19.2. The Morgan fingerprint density at radius 1 is 0.308 bits per heavy atom. The van der Waals surface area contributed by atoms with Crippen LogP contribution in [0.15, 0.2) is 206 Å². The molecule has 1 aliphatic carbocycles. The third-order valence-corrected chi connectivity index (χ3v) is 26.1. The molecule has 0 radical (unpaired) electrons. The number of ether oxygens (including phenoxy) is 3. The highest BCUT2D eigenvalue weighted by molar-refractivity contribution is 6.00. The lowest BCUT2D eigenvalue weighted by atomic mass is 10.1. The molecule has 750 valence electrons. The summed E-state index contributed by atoms with van der Waals surface area (Å²) in [4.78, 5) is 32.9. The molecule has 0 unspecified atom stereocenters. The number of nitrogens with zero attached hydrogens (tertiary/aromatic N) is 19. The summed E-state index contributed by atoms with van der Waals surface area (Å²) in [6.45, 7) is 32.9. The van der Waals surface area contributed by atoms with Crippen LogP contribution in [0.25, 0.3) is 168 Å². The van der Waals surface area contributed by atoms with Crippen LogP contribution in [0.4, 0.5) is 13.2 Å². The van der Waals surface area contributed by atoms with Crippen molar-refractivity contribution >= 4 is 54.5 Å². The van der Waals surface area contributed by atoms with Crippen molar-refractivity contribution < 1.29 is 27.4 Å². The lowest BCUT2D eigenvalue weighted by Gasteiger charge is -2.33. The van der Waals surface area contributed by atoms with Gasteiger partial charge in [-0.25, -0.2) is 38.1 Å². The SMILES string of the molecule is CC(C)Cc1nc(-c2ccc3[nH]nc(-c4ccc(F)cc4)c3c2)n[nH]1.CC(C)Cc1nc(-c2ccc3[nH]nc(-c4cccc(OCCN5CCN(C)CC5)c4)c3c2)n[nH]1.CCN1CCN(CCOc2cccc(-c3n[nH]c4ccc(-c5n[nH]c(CC(C)C)n5)cc34)c2)CC1.COc1cccc(-c2n[nH]c3ccc(-c4n[nH]c(CC(C)C)n4)cc23)c1.Fc1ccc(-c2n[nH]c3ccc(-c4n[nH]c(CC5CC5)n4)cc23)cc1F. The van der Waals surface area contributed by atoms with Gasteiger partial charge in [-0.15, -0.1) is 0 Å². The number of aromatic amines is 10. The molecule has 10 aromatic carbocycles. The van der Waals surface area contributed by atoms with Crippen molar-refractivity contribution in [2.24, 2.45) is 29.6 Å². The number of likely N-dealkylation sites (N-methyl/N-ethyl adjacent to an activating group) is 2. The number of methoxy groups -OCH3 is 1. The van der Waals surface area contributed by atoms with Crippen LogP contribution in [-0.4, -0.2) is 246 Å². The Morgan fingerprint density at radius 2 is 0.610 bits per heavy atom. The Balaban J connectivity index is 0.000000116. The van der Waals surface area contributed by atoms with Crippen LogP contribution in [0.2, 0.25) is 0 Å². The van der Waals surface area contributed by atoms with E-state index in [0.29, 0.717) is 77.3 Å². The van der Waals surface area contributed by atoms with E-state index in [-0.39, 0.29) is 5.82 Å². The van der Waals surface area contributed by atoms with Crippen molar-refractivity contribution in [2.45, 2.75) is 107 Å². The third-order valence-electron chi connectivity index (χ3n) is 26.1. The summed E-state index contributed by atoms with van der Waals surface area (Å²) in [5.41, 5.74) is 17.8. The quantitative estimate of drug-likeness (QED) is 0.0200. The summed E-state index contributed by atoms with van der Waals surface area (Å²) >= 11 is 0. The smallest absolute Gasteiger partial charge is 0.181 e. The number of aromatic nitrogens is 25. The molecule has 0 spiro atoms. The normalized spacial score (nSPS) is 13.8. The maximum atomic E-state index is 13.6. The van der Waals surface area contributed by atoms with Gasteiger partial charge in [-0.3, -0.25) is 60.8 Å². The van der Waals surface area contributed by atoms with Crippen molar-refractivity contribution in [3.63, 3.8) is 0 Å². The molecule has 2 saturated heterocycles. The van der Waals surface area contributed by atoms with Crippen LogP contribution in [0.1, 0.15) is 104 Å². The molecule has 12 heterocycles. The van der Waals surface area contributed by atoms with Crippen LogP contribution in [0, 0.1) is 47.0 Å². The minimum atomic E-state index is -0.895. The molecule has 0 amide bonds. The lowest BCUT2D eigenvalue weighted by Crippen LogP contribution is -2.47. The van der Waals surface area contributed by atoms with Crippen molar-refractivity contribution in [1.29, 1.82) is 0 Å². The van der Waals surface area contributed by atoms with Gasteiger partial charge in [0.05, 0.1) is 40.4 Å². The van der Waals surface area contributed by atoms with E-state index in [2.05, 4.69) is 258 Å². The highest BCUT2D eigenvalue weighted by Crippen LogP contribution is 2.39. The number of piperazine rings is 2. The summed E-state index contributed by atoms with van der Waals surface area (Å²) in [6.07, 6.45) is 6.96. The fourth-order valence-corrected chi connectivity index (χ4v) is 18.1. The molecule has 3 aliphatic rings. The van der Waals surface area contributed by atoms with Crippen LogP contribution in [-0.2, 0) is 32.1 Å². The van der Waals surface area contributed by atoms with Crippen LogP contribution < -0.4 is 14.2 Å². The van der Waals surface area contributed by atoms with Crippen LogP contribution >= 0.6 is 0 Å². The maximum absolute atomic E-state index is 13.6. The summed E-state index contributed by atoms with van der Waals surface area (Å²) in [6, 6.07) is 64.5. The van der Waals surface area contributed by atoms with Gasteiger partial charge < -0.3 is 24.0 Å². The molecular weight excluding hydrogens is 1840 g/mol. The van der Waals surface area contributed by atoms with E-state index >= 15 is 0 Å². The summed E-state index contributed by atoms with van der Waals surface area (Å²) in [5.74, 6) is 11.3. The monoisotopic (exact) mass is 1970 g/mol. The topological polar surface area (TPSA) is 392 Å². The standard InChI is InChI=1S/C27H35N7O.C26H33N7O.C20H21N5O.C19H15F2N5.C19H18FN5/c1-4-33-10-12-34(13-11-33)14-15-35-22-7-5-6-20(17-22)26-23-18-21(8-9-24(23)29-31-26)27-28-25(30-32-27)16-19(2)3;1-18(2)15-24-27-26(31-29-24)20-7-8-23-22(17-20)25(30-28-23)19-5-4-6-21(16-19)34-14-13-33-11-9-32(3)10-12-33;1-12(2)9-18-21-20(25-23-18)14-7-8-17-16(11-14)19(24-22-17)13-5-4-6-15(10-13)26-3;20-14-5-3-11(9-15(14)21)18-13-8-12(4-6-16(13)23-25-18)19-22-17(24-26-19)7-10-1-2-10;1-11(2)9-17-21-19(25-23-17)13-5-8-16-15(10-13)18(24-22-16)12-3-6-14(20)7-4-12/h5-9,17-19H,4,10-16H2,1-3H3,(H,29,31)(H,28,30,32);4-8,16-18H,9-15H2,1-3H3,(H,28,30)(H,27,29,31);4-8,10-12H,9H2,1-3H3,(H,22,24)(H,21,23,25);3-6,8-10H,1-2,7H2,(H,23,25)(H,22,24,26);3-8,10-11H,9H2,1-2H3,(H,22,24)(H,21,23,25). The molecule has 146 heavy (non-hydrogen) atoms. The maximum Gasteiger partial charge on any atom is 0.181 e. The molecule has 35 heteroatoms. The summed E-state index contributed by atoms with van der Waals surface area (Å²) < 4.78 is 57.5. The molecule has 20 aromatic rings. The Hall–Kier alpha value is -15.7. The lowest BCUT2D eigenvalue weighted by molar-refractivity contribution is 0.121. The van der Waals surface area contributed by atoms with E-state index < -0.39 is 11.6 Å². The Labute approximate surface area is 843 Å².